The minimum absolute atomic E-state index is 0.0175. The highest BCUT2D eigenvalue weighted by atomic mass is 16.5. The molecule has 0 saturated carbocycles. The second kappa shape index (κ2) is 8.37. The van der Waals surface area contributed by atoms with Crippen LogP contribution in [-0.2, 0) is 0 Å². The summed E-state index contributed by atoms with van der Waals surface area (Å²) < 4.78 is 5.69. The highest BCUT2D eigenvalue weighted by molar-refractivity contribution is 5.94. The van der Waals surface area contributed by atoms with Crippen molar-refractivity contribution in [3.05, 3.63) is 65.7 Å². The molecule has 0 radical (unpaired) electrons. The highest BCUT2D eigenvalue weighted by Crippen LogP contribution is 2.19. The van der Waals surface area contributed by atoms with Gasteiger partial charge in [0.25, 0.3) is 5.91 Å². The van der Waals surface area contributed by atoms with Crippen molar-refractivity contribution >= 4 is 5.91 Å². The van der Waals surface area contributed by atoms with Gasteiger partial charge in [-0.25, -0.2) is 0 Å². The van der Waals surface area contributed by atoms with Gasteiger partial charge in [0.15, 0.2) is 0 Å². The van der Waals surface area contributed by atoms with E-state index in [1.165, 1.54) is 0 Å². The van der Waals surface area contributed by atoms with Crippen molar-refractivity contribution in [3.63, 3.8) is 0 Å². The fourth-order valence-corrected chi connectivity index (χ4v) is 2.34. The van der Waals surface area contributed by atoms with E-state index in [9.17, 15) is 4.79 Å². The molecule has 1 amide bonds. The molecule has 2 rings (SSSR count). The van der Waals surface area contributed by atoms with Gasteiger partial charge >= 0.3 is 0 Å². The van der Waals surface area contributed by atoms with Crippen LogP contribution in [-0.4, -0.2) is 12.5 Å². The van der Waals surface area contributed by atoms with Gasteiger partial charge in [-0.05, 0) is 36.1 Å². The molecule has 2 aromatic carbocycles. The minimum atomic E-state index is -0.0734. The summed E-state index contributed by atoms with van der Waals surface area (Å²) in [6.45, 7) is 6.91. The van der Waals surface area contributed by atoms with Crippen LogP contribution < -0.4 is 10.1 Å². The van der Waals surface area contributed by atoms with Crippen molar-refractivity contribution in [1.82, 2.24) is 5.32 Å². The van der Waals surface area contributed by atoms with Gasteiger partial charge in [0.05, 0.1) is 12.6 Å². The molecule has 1 N–H and O–H groups in total. The maximum absolute atomic E-state index is 12.5. The van der Waals surface area contributed by atoms with E-state index in [1.807, 2.05) is 48.5 Å². The lowest BCUT2D eigenvalue weighted by Crippen LogP contribution is -2.28. The maximum Gasteiger partial charge on any atom is 0.251 e. The second-order valence-corrected chi connectivity index (χ2v) is 6.08. The third-order valence-electron chi connectivity index (χ3n) is 3.60. The monoisotopic (exact) mass is 311 g/mol. The van der Waals surface area contributed by atoms with Crippen molar-refractivity contribution in [1.29, 1.82) is 0 Å². The Hall–Kier alpha value is -2.29. The van der Waals surface area contributed by atoms with Crippen LogP contribution in [0.4, 0.5) is 0 Å². The van der Waals surface area contributed by atoms with E-state index in [0.29, 0.717) is 18.1 Å². The summed E-state index contributed by atoms with van der Waals surface area (Å²) in [5.41, 5.74) is 1.75. The van der Waals surface area contributed by atoms with E-state index in [2.05, 4.69) is 26.1 Å². The lowest BCUT2D eigenvalue weighted by molar-refractivity contribution is 0.0935. The molecule has 0 spiro atoms. The van der Waals surface area contributed by atoms with E-state index < -0.39 is 0 Å². The van der Waals surface area contributed by atoms with Crippen LogP contribution in [0.15, 0.2) is 54.6 Å². The minimum Gasteiger partial charge on any atom is -0.493 e. The molecule has 0 aliphatic rings. The molecule has 1 atom stereocenters. The van der Waals surface area contributed by atoms with Gasteiger partial charge in [-0.2, -0.15) is 0 Å². The summed E-state index contributed by atoms with van der Waals surface area (Å²) in [4.78, 5) is 12.5. The Balaban J connectivity index is 2.06. The normalized spacial score (nSPS) is 12.0. The Bertz CT molecular complexity index is 623. The van der Waals surface area contributed by atoms with Crippen LogP contribution in [0, 0.1) is 5.92 Å². The highest BCUT2D eigenvalue weighted by Gasteiger charge is 2.14. The summed E-state index contributed by atoms with van der Waals surface area (Å²) in [7, 11) is 0. The third-order valence-corrected chi connectivity index (χ3v) is 3.60. The topological polar surface area (TPSA) is 38.3 Å². The molecule has 2 aromatic rings. The molecule has 23 heavy (non-hydrogen) atoms. The molecule has 122 valence electrons. The van der Waals surface area contributed by atoms with Gasteiger partial charge < -0.3 is 10.1 Å². The van der Waals surface area contributed by atoms with Gasteiger partial charge in [-0.1, -0.05) is 57.2 Å². The number of hydrogen-bond donors (Lipinski definition) is 1. The van der Waals surface area contributed by atoms with E-state index in [-0.39, 0.29) is 11.9 Å². The van der Waals surface area contributed by atoms with Gasteiger partial charge in [0, 0.05) is 5.56 Å². The van der Waals surface area contributed by atoms with Crippen LogP contribution in [0.1, 0.15) is 49.2 Å². The van der Waals surface area contributed by atoms with E-state index in [0.717, 1.165) is 17.7 Å². The molecule has 0 fully saturated rings. The lowest BCUT2D eigenvalue weighted by atomic mass is 10.0. The quantitative estimate of drug-likeness (QED) is 0.811. The van der Waals surface area contributed by atoms with Crippen LogP contribution in [0.25, 0.3) is 0 Å². The summed E-state index contributed by atoms with van der Waals surface area (Å²) >= 11 is 0. The molecule has 0 aromatic heterocycles. The third kappa shape index (κ3) is 5.13. The number of amides is 1. The number of rotatable bonds is 7. The molecule has 0 bridgehead atoms. The van der Waals surface area contributed by atoms with Crippen LogP contribution in [0.5, 0.6) is 5.75 Å². The fourth-order valence-electron chi connectivity index (χ4n) is 2.34. The second-order valence-electron chi connectivity index (χ2n) is 6.08. The molecule has 0 aliphatic heterocycles. The Morgan fingerprint density at radius 3 is 2.48 bits per heavy atom. The van der Waals surface area contributed by atoms with Crippen molar-refractivity contribution < 1.29 is 9.53 Å². The average Bonchev–Trinajstić information content (AvgIpc) is 2.58. The number of hydrogen-bond acceptors (Lipinski definition) is 2. The Morgan fingerprint density at radius 1 is 1.09 bits per heavy atom. The van der Waals surface area contributed by atoms with Crippen molar-refractivity contribution in [3.8, 4) is 5.75 Å². The zero-order valence-electron chi connectivity index (χ0n) is 14.1. The molecular formula is C20H25NO2. The van der Waals surface area contributed by atoms with E-state index >= 15 is 0 Å². The first-order chi connectivity index (χ1) is 11.1. The summed E-state index contributed by atoms with van der Waals surface area (Å²) in [5.74, 6) is 1.12. The first-order valence-corrected chi connectivity index (χ1v) is 8.18. The number of nitrogens with one attached hydrogen (secondary N) is 1. The predicted molar refractivity (Wildman–Crippen MR) is 93.7 cm³/mol. The number of benzene rings is 2. The molecule has 0 aliphatic carbocycles. The van der Waals surface area contributed by atoms with Gasteiger partial charge in [-0.15, -0.1) is 0 Å². The number of carbonyl (C=O) groups excluding carboxylic acids is 1. The lowest BCUT2D eigenvalue weighted by Gasteiger charge is -2.18. The fraction of sp³-hybridized carbons (Fsp3) is 0.350. The Kier molecular flexibility index (Phi) is 6.21. The largest absolute Gasteiger partial charge is 0.493 e. The summed E-state index contributed by atoms with van der Waals surface area (Å²) in [5, 5.41) is 3.10. The van der Waals surface area contributed by atoms with E-state index in [4.69, 9.17) is 4.74 Å². The molecule has 3 heteroatoms. The van der Waals surface area contributed by atoms with Gasteiger partial charge in [-0.3, -0.25) is 4.79 Å². The number of ether oxygens (including phenoxy) is 1. The predicted octanol–water partition coefficient (Wildman–Crippen LogP) is 4.60. The molecular weight excluding hydrogens is 286 g/mol. The molecule has 3 nitrogen and oxygen atoms in total. The zero-order valence-corrected chi connectivity index (χ0v) is 14.1. The Morgan fingerprint density at radius 2 is 1.83 bits per heavy atom. The first-order valence-electron chi connectivity index (χ1n) is 8.18. The molecule has 0 saturated heterocycles. The van der Waals surface area contributed by atoms with E-state index in [1.54, 1.807) is 6.07 Å². The van der Waals surface area contributed by atoms with Crippen molar-refractivity contribution in [2.45, 2.75) is 33.2 Å². The van der Waals surface area contributed by atoms with Gasteiger partial charge in [0.1, 0.15) is 5.75 Å². The summed E-state index contributed by atoms with van der Waals surface area (Å²) in [6.07, 6.45) is 0.847. The van der Waals surface area contributed by atoms with Crippen LogP contribution in [0.2, 0.25) is 0 Å². The van der Waals surface area contributed by atoms with Crippen molar-refractivity contribution in [2.24, 2.45) is 5.92 Å². The first kappa shape index (κ1) is 17.1. The summed E-state index contributed by atoms with van der Waals surface area (Å²) in [6, 6.07) is 17.4. The maximum atomic E-state index is 12.5. The average molecular weight is 311 g/mol. The SMILES string of the molecule is CCC(NC(=O)c1cccc(OCC(C)C)c1)c1ccccc1. The van der Waals surface area contributed by atoms with Crippen LogP contribution in [0.3, 0.4) is 0 Å². The Labute approximate surface area is 138 Å². The molecule has 0 heterocycles. The molecule has 1 unspecified atom stereocenters. The zero-order chi connectivity index (χ0) is 16.7. The van der Waals surface area contributed by atoms with Crippen LogP contribution >= 0.6 is 0 Å². The van der Waals surface area contributed by atoms with Gasteiger partial charge in [0.2, 0.25) is 0 Å². The van der Waals surface area contributed by atoms with Crippen molar-refractivity contribution in [2.75, 3.05) is 6.61 Å². The number of carbonyl (C=O) groups is 1. The standard InChI is InChI=1S/C20H25NO2/c1-4-19(16-9-6-5-7-10-16)21-20(22)17-11-8-12-18(13-17)23-14-15(2)3/h5-13,15,19H,4,14H2,1-3H3,(H,21,22). The smallest absolute Gasteiger partial charge is 0.251 e.